The summed E-state index contributed by atoms with van der Waals surface area (Å²) in [6.07, 6.45) is 0.721. The fraction of sp³-hybridized carbons (Fsp3) is 0.429. The number of rotatable bonds is 8. The number of carbonyl (C=O) groups is 2. The van der Waals surface area contributed by atoms with Gasteiger partial charge in [-0.3, -0.25) is 9.59 Å². The van der Waals surface area contributed by atoms with Crippen molar-refractivity contribution in [1.82, 2.24) is 5.32 Å². The number of ether oxygens (including phenoxy) is 1. The van der Waals surface area contributed by atoms with E-state index in [2.05, 4.69) is 21.2 Å². The second-order valence-electron chi connectivity index (χ2n) is 4.45. The maximum Gasteiger partial charge on any atom is 0.303 e. The molecule has 0 saturated heterocycles. The Balaban J connectivity index is 2.19. The van der Waals surface area contributed by atoms with Crippen LogP contribution in [0.4, 0.5) is 0 Å². The summed E-state index contributed by atoms with van der Waals surface area (Å²) in [4.78, 5) is 22.0. The number of halogens is 1. The van der Waals surface area contributed by atoms with E-state index < -0.39 is 5.97 Å². The van der Waals surface area contributed by atoms with Gasteiger partial charge in [-0.1, -0.05) is 15.9 Å². The zero-order valence-corrected chi connectivity index (χ0v) is 12.9. The molecule has 6 heteroatoms. The third-order valence-electron chi connectivity index (χ3n) is 2.61. The molecule has 0 heterocycles. The number of hydrogen-bond donors (Lipinski definition) is 2. The van der Waals surface area contributed by atoms with Crippen LogP contribution in [-0.2, 0) is 9.59 Å². The Morgan fingerprint density at radius 2 is 1.95 bits per heavy atom. The third-order valence-corrected chi connectivity index (χ3v) is 3.14. The molecule has 1 atom stereocenters. The summed E-state index contributed by atoms with van der Waals surface area (Å²) in [5, 5.41) is 11.3. The number of carboxylic acids is 1. The third kappa shape index (κ3) is 7.13. The topological polar surface area (TPSA) is 75.6 Å². The number of nitrogens with one attached hydrogen (secondary N) is 1. The molecule has 0 bridgehead atoms. The number of benzene rings is 1. The molecular formula is C14H18BrNO4. The van der Waals surface area contributed by atoms with Crippen LogP contribution >= 0.6 is 15.9 Å². The van der Waals surface area contributed by atoms with Gasteiger partial charge in [-0.05, 0) is 37.6 Å². The lowest BCUT2D eigenvalue weighted by Gasteiger charge is -2.13. The first-order valence-electron chi connectivity index (χ1n) is 6.37. The molecule has 110 valence electrons. The first-order chi connectivity index (χ1) is 9.47. The number of carboxylic acid groups (broad SMARTS) is 1. The van der Waals surface area contributed by atoms with E-state index in [9.17, 15) is 9.59 Å². The predicted octanol–water partition coefficient (Wildman–Crippen LogP) is 2.59. The first-order valence-corrected chi connectivity index (χ1v) is 7.16. The number of hydrogen-bond acceptors (Lipinski definition) is 3. The van der Waals surface area contributed by atoms with E-state index in [1.54, 1.807) is 6.92 Å². The molecule has 5 nitrogen and oxygen atoms in total. The highest BCUT2D eigenvalue weighted by Gasteiger charge is 2.09. The SMILES string of the molecule is CC(CCC(=O)O)NC(=O)CCOc1ccc(Br)cc1. The molecule has 0 saturated carbocycles. The lowest BCUT2D eigenvalue weighted by atomic mass is 10.2. The molecule has 0 aliphatic rings. The predicted molar refractivity (Wildman–Crippen MR) is 78.7 cm³/mol. The molecule has 2 N–H and O–H groups in total. The standard InChI is InChI=1S/C14H18BrNO4/c1-10(2-7-14(18)19)16-13(17)8-9-20-12-5-3-11(15)4-6-12/h3-6,10H,2,7-9H2,1H3,(H,16,17)(H,18,19). The Kier molecular flexibility index (Phi) is 7.08. The fourth-order valence-electron chi connectivity index (χ4n) is 1.55. The number of amides is 1. The van der Waals surface area contributed by atoms with E-state index in [4.69, 9.17) is 9.84 Å². The van der Waals surface area contributed by atoms with Crippen LogP contribution in [-0.4, -0.2) is 29.6 Å². The van der Waals surface area contributed by atoms with Crippen molar-refractivity contribution in [3.8, 4) is 5.75 Å². The second-order valence-corrected chi connectivity index (χ2v) is 5.37. The maximum atomic E-state index is 11.6. The van der Waals surface area contributed by atoms with Crippen LogP contribution in [0.2, 0.25) is 0 Å². The van der Waals surface area contributed by atoms with Crippen molar-refractivity contribution >= 4 is 27.8 Å². The highest BCUT2D eigenvalue weighted by molar-refractivity contribution is 9.10. The van der Waals surface area contributed by atoms with Gasteiger partial charge < -0.3 is 15.2 Å². The van der Waals surface area contributed by atoms with E-state index in [1.807, 2.05) is 24.3 Å². The Labute approximate surface area is 126 Å². The van der Waals surface area contributed by atoms with Crippen molar-refractivity contribution in [2.45, 2.75) is 32.2 Å². The van der Waals surface area contributed by atoms with Gasteiger partial charge >= 0.3 is 5.97 Å². The molecule has 1 amide bonds. The molecule has 1 unspecified atom stereocenters. The molecule has 20 heavy (non-hydrogen) atoms. The molecule has 0 aliphatic heterocycles. The molecule has 0 aliphatic carbocycles. The van der Waals surface area contributed by atoms with Gasteiger partial charge in [0.05, 0.1) is 13.0 Å². The molecule has 1 aromatic carbocycles. The van der Waals surface area contributed by atoms with Crippen molar-refractivity contribution in [3.63, 3.8) is 0 Å². The maximum absolute atomic E-state index is 11.6. The van der Waals surface area contributed by atoms with Gasteiger partial charge in [-0.15, -0.1) is 0 Å². The van der Waals surface area contributed by atoms with Gasteiger partial charge in [-0.25, -0.2) is 0 Å². The second kappa shape index (κ2) is 8.58. The summed E-state index contributed by atoms with van der Waals surface area (Å²) in [5.41, 5.74) is 0. The van der Waals surface area contributed by atoms with Gasteiger partial charge in [0.15, 0.2) is 0 Å². The van der Waals surface area contributed by atoms with Crippen LogP contribution in [0.25, 0.3) is 0 Å². The van der Waals surface area contributed by atoms with E-state index in [-0.39, 0.29) is 24.8 Å². The van der Waals surface area contributed by atoms with Crippen LogP contribution in [0, 0.1) is 0 Å². The van der Waals surface area contributed by atoms with Gasteiger partial charge in [-0.2, -0.15) is 0 Å². The van der Waals surface area contributed by atoms with Gasteiger partial charge in [0.25, 0.3) is 0 Å². The lowest BCUT2D eigenvalue weighted by Crippen LogP contribution is -2.33. The van der Waals surface area contributed by atoms with Crippen molar-refractivity contribution in [1.29, 1.82) is 0 Å². The van der Waals surface area contributed by atoms with Crippen molar-refractivity contribution < 1.29 is 19.4 Å². The van der Waals surface area contributed by atoms with Crippen molar-refractivity contribution in [2.75, 3.05) is 6.61 Å². The summed E-state index contributed by atoms with van der Waals surface area (Å²) in [5.74, 6) is -0.287. The number of aliphatic carboxylic acids is 1. The molecule has 1 aromatic rings. The summed E-state index contributed by atoms with van der Waals surface area (Å²) in [7, 11) is 0. The largest absolute Gasteiger partial charge is 0.493 e. The van der Waals surface area contributed by atoms with Crippen LogP contribution < -0.4 is 10.1 Å². The molecule has 1 rings (SSSR count). The average Bonchev–Trinajstić information content (AvgIpc) is 2.38. The molecule has 0 spiro atoms. The highest BCUT2D eigenvalue weighted by Crippen LogP contribution is 2.16. The normalized spacial score (nSPS) is 11.7. The van der Waals surface area contributed by atoms with E-state index in [0.29, 0.717) is 18.8 Å². The minimum atomic E-state index is -0.857. The van der Waals surface area contributed by atoms with E-state index >= 15 is 0 Å². The van der Waals surface area contributed by atoms with Crippen LogP contribution in [0.3, 0.4) is 0 Å². The Morgan fingerprint density at radius 3 is 2.55 bits per heavy atom. The first kappa shape index (κ1) is 16.5. The van der Waals surface area contributed by atoms with Crippen molar-refractivity contribution in [3.05, 3.63) is 28.7 Å². The Morgan fingerprint density at radius 1 is 1.30 bits per heavy atom. The summed E-state index contributed by atoms with van der Waals surface area (Å²) >= 11 is 3.33. The van der Waals surface area contributed by atoms with Crippen LogP contribution in [0.15, 0.2) is 28.7 Å². The van der Waals surface area contributed by atoms with Crippen molar-refractivity contribution in [2.24, 2.45) is 0 Å². The van der Waals surface area contributed by atoms with Gasteiger partial charge in [0.1, 0.15) is 5.75 Å². The van der Waals surface area contributed by atoms with Crippen LogP contribution in [0.5, 0.6) is 5.75 Å². The monoisotopic (exact) mass is 343 g/mol. The van der Waals surface area contributed by atoms with E-state index in [0.717, 1.165) is 4.47 Å². The summed E-state index contributed by atoms with van der Waals surface area (Å²) in [6, 6.07) is 7.22. The summed E-state index contributed by atoms with van der Waals surface area (Å²) < 4.78 is 6.40. The zero-order valence-electron chi connectivity index (χ0n) is 11.3. The number of carbonyl (C=O) groups excluding carboxylic acids is 1. The zero-order chi connectivity index (χ0) is 15.0. The highest BCUT2D eigenvalue weighted by atomic mass is 79.9. The minimum absolute atomic E-state index is 0.0524. The van der Waals surface area contributed by atoms with Crippen LogP contribution in [0.1, 0.15) is 26.2 Å². The summed E-state index contributed by atoms with van der Waals surface area (Å²) in [6.45, 7) is 2.08. The Hall–Kier alpha value is -1.56. The van der Waals surface area contributed by atoms with E-state index in [1.165, 1.54) is 0 Å². The van der Waals surface area contributed by atoms with Gasteiger partial charge in [0.2, 0.25) is 5.91 Å². The smallest absolute Gasteiger partial charge is 0.303 e. The molecule has 0 aromatic heterocycles. The quantitative estimate of drug-likeness (QED) is 0.760. The molecular weight excluding hydrogens is 326 g/mol. The molecule has 0 radical (unpaired) electrons. The lowest BCUT2D eigenvalue weighted by molar-refractivity contribution is -0.137. The van der Waals surface area contributed by atoms with Gasteiger partial charge in [0, 0.05) is 16.9 Å². The minimum Gasteiger partial charge on any atom is -0.493 e. The average molecular weight is 344 g/mol. The fourth-order valence-corrected chi connectivity index (χ4v) is 1.82. The Bertz CT molecular complexity index is 447. The molecule has 0 fully saturated rings.